The zero-order chi connectivity index (χ0) is 9.26. The zero-order valence-corrected chi connectivity index (χ0v) is 9.04. The minimum atomic E-state index is -0.503. The molecule has 0 N–H and O–H groups in total. The minimum absolute atomic E-state index is 0.503. The molecular weight excluding hydrogens is 172 g/mol. The van der Waals surface area contributed by atoms with Crippen LogP contribution >= 0.6 is 0 Å². The van der Waals surface area contributed by atoms with E-state index in [9.17, 15) is 0 Å². The van der Waals surface area contributed by atoms with Crippen LogP contribution in [0.4, 0.5) is 0 Å². The lowest BCUT2D eigenvalue weighted by Crippen LogP contribution is -2.28. The van der Waals surface area contributed by atoms with E-state index in [1.165, 1.54) is 16.3 Å². The molecule has 0 spiro atoms. The summed E-state index contributed by atoms with van der Waals surface area (Å²) in [6.45, 7) is 4.41. The summed E-state index contributed by atoms with van der Waals surface area (Å²) in [6, 6.07) is 6.61. The number of allylic oxidation sites excluding steroid dienone is 2. The van der Waals surface area contributed by atoms with Crippen LogP contribution in [0.1, 0.15) is 11.1 Å². The van der Waals surface area contributed by atoms with Crippen LogP contribution in [0.2, 0.25) is 0 Å². The van der Waals surface area contributed by atoms with E-state index in [-0.39, 0.29) is 0 Å². The van der Waals surface area contributed by atoms with Gasteiger partial charge in [0.15, 0.2) is 0 Å². The lowest BCUT2D eigenvalue weighted by molar-refractivity contribution is 1.36. The Morgan fingerprint density at radius 1 is 1.00 bits per heavy atom. The summed E-state index contributed by atoms with van der Waals surface area (Å²) in [6.07, 6.45) is 4.33. The Bertz CT molecular complexity index is 363. The predicted molar refractivity (Wildman–Crippen MR) is 59.6 cm³/mol. The molecule has 0 aliphatic carbocycles. The van der Waals surface area contributed by atoms with Crippen molar-refractivity contribution in [1.29, 1.82) is 0 Å². The molecule has 0 bridgehead atoms. The Morgan fingerprint density at radius 2 is 1.69 bits per heavy atom. The highest BCUT2D eigenvalue weighted by molar-refractivity contribution is 6.83. The monoisotopic (exact) mass is 185 g/mol. The normalized spacial score (nSPS) is 15.5. The molecular formula is C12H13Si. The van der Waals surface area contributed by atoms with E-state index >= 15 is 0 Å². The molecule has 0 unspecified atom stereocenters. The van der Waals surface area contributed by atoms with Crippen molar-refractivity contribution in [2.24, 2.45) is 0 Å². The Kier molecular flexibility index (Phi) is 2.19. The zero-order valence-electron chi connectivity index (χ0n) is 8.04. The van der Waals surface area contributed by atoms with Crippen molar-refractivity contribution in [3.8, 4) is 0 Å². The van der Waals surface area contributed by atoms with Crippen molar-refractivity contribution in [3.05, 3.63) is 52.9 Å². The van der Waals surface area contributed by atoms with Gasteiger partial charge in [0.05, 0.1) is 0 Å². The Balaban J connectivity index is 2.45. The third-order valence-corrected chi connectivity index (χ3v) is 4.85. The molecule has 1 radical (unpaired) electrons. The van der Waals surface area contributed by atoms with Gasteiger partial charge in [0.2, 0.25) is 0 Å². The van der Waals surface area contributed by atoms with Gasteiger partial charge in [-0.05, 0) is 30.2 Å². The second-order valence-corrected chi connectivity index (χ2v) is 5.54. The molecule has 0 amide bonds. The summed E-state index contributed by atoms with van der Waals surface area (Å²) in [5, 5.41) is 1.54. The number of aryl methyl sites for hydroxylation is 1. The van der Waals surface area contributed by atoms with E-state index in [1.807, 2.05) is 0 Å². The molecule has 1 heteroatoms. The van der Waals surface area contributed by atoms with Gasteiger partial charge >= 0.3 is 0 Å². The topological polar surface area (TPSA) is 0 Å². The second-order valence-electron chi connectivity index (χ2n) is 3.42. The number of hydrogen-bond acceptors (Lipinski definition) is 0. The van der Waals surface area contributed by atoms with Crippen molar-refractivity contribution >= 4 is 14.0 Å². The molecule has 1 aliphatic heterocycles. The minimum Gasteiger partial charge on any atom is -0.0877 e. The predicted octanol–water partition coefficient (Wildman–Crippen LogP) is 2.21. The van der Waals surface area contributed by atoms with Crippen LogP contribution in [0.25, 0.3) is 0 Å². The summed E-state index contributed by atoms with van der Waals surface area (Å²) in [5.74, 6) is 0. The fraction of sp³-hybridized carbons (Fsp3) is 0.167. The van der Waals surface area contributed by atoms with Gasteiger partial charge < -0.3 is 0 Å². The molecule has 1 aliphatic rings. The van der Waals surface area contributed by atoms with Gasteiger partial charge in [-0.25, -0.2) is 0 Å². The molecule has 1 aromatic carbocycles. The third-order valence-electron chi connectivity index (χ3n) is 2.58. The van der Waals surface area contributed by atoms with E-state index in [0.717, 1.165) is 0 Å². The van der Waals surface area contributed by atoms with Crippen LogP contribution in [0, 0.1) is 13.8 Å². The average molecular weight is 185 g/mol. The van der Waals surface area contributed by atoms with Crippen molar-refractivity contribution in [2.75, 3.05) is 0 Å². The molecule has 65 valence electrons. The van der Waals surface area contributed by atoms with Gasteiger partial charge in [-0.15, -0.1) is 0 Å². The molecule has 0 fully saturated rings. The van der Waals surface area contributed by atoms with E-state index in [0.29, 0.717) is 0 Å². The smallest absolute Gasteiger partial charge is 0.0877 e. The van der Waals surface area contributed by atoms with Crippen LogP contribution in [0.3, 0.4) is 0 Å². The van der Waals surface area contributed by atoms with E-state index < -0.39 is 8.80 Å². The molecule has 13 heavy (non-hydrogen) atoms. The van der Waals surface area contributed by atoms with E-state index in [4.69, 9.17) is 0 Å². The van der Waals surface area contributed by atoms with Gasteiger partial charge in [0, 0.05) is 0 Å². The average Bonchev–Trinajstić information content (AvgIpc) is 2.62. The first kappa shape index (κ1) is 8.51. The number of rotatable bonds is 1. The molecule has 0 saturated carbocycles. The highest BCUT2D eigenvalue weighted by Crippen LogP contribution is 2.07. The third kappa shape index (κ3) is 1.52. The first-order valence-corrected chi connectivity index (χ1v) is 6.23. The van der Waals surface area contributed by atoms with Crippen LogP contribution in [0.15, 0.2) is 41.7 Å². The molecule has 2 rings (SSSR count). The Hall–Kier alpha value is -1.08. The van der Waals surface area contributed by atoms with Crippen LogP contribution in [-0.4, -0.2) is 8.80 Å². The van der Waals surface area contributed by atoms with Gasteiger partial charge in [-0.3, -0.25) is 0 Å². The standard InChI is InChI=1S/C12H13Si/c1-10-6-5-7-12(11(10)2)13-8-3-4-9-13/h3-9H,1-2H3. The highest BCUT2D eigenvalue weighted by Gasteiger charge is 2.12. The molecule has 1 heterocycles. The summed E-state index contributed by atoms with van der Waals surface area (Å²) in [4.78, 5) is 0. The van der Waals surface area contributed by atoms with Crippen molar-refractivity contribution in [1.82, 2.24) is 0 Å². The molecule has 1 aromatic rings. The second kappa shape index (κ2) is 3.34. The highest BCUT2D eigenvalue weighted by atomic mass is 28.3. The van der Waals surface area contributed by atoms with Crippen molar-refractivity contribution in [2.45, 2.75) is 13.8 Å². The molecule has 0 atom stereocenters. The first-order valence-electron chi connectivity index (χ1n) is 4.57. The first-order chi connectivity index (χ1) is 6.29. The molecule has 0 aromatic heterocycles. The fourth-order valence-electron chi connectivity index (χ4n) is 1.62. The lowest BCUT2D eigenvalue weighted by Gasteiger charge is -2.10. The number of hydrogen-bond donors (Lipinski definition) is 0. The van der Waals surface area contributed by atoms with Gasteiger partial charge in [-0.1, -0.05) is 41.7 Å². The van der Waals surface area contributed by atoms with Crippen LogP contribution < -0.4 is 5.19 Å². The fourth-order valence-corrected chi connectivity index (χ4v) is 3.64. The molecule has 0 nitrogen and oxygen atoms in total. The van der Waals surface area contributed by atoms with E-state index in [1.54, 1.807) is 0 Å². The Labute approximate surface area is 81.2 Å². The van der Waals surface area contributed by atoms with Gasteiger partial charge in [0.1, 0.15) is 8.80 Å². The molecule has 0 saturated heterocycles. The van der Waals surface area contributed by atoms with Crippen molar-refractivity contribution < 1.29 is 0 Å². The SMILES string of the molecule is Cc1cccc([Si]2C=CC=C2)c1C. The maximum Gasteiger partial charge on any atom is 0.139 e. The maximum atomic E-state index is 2.34. The van der Waals surface area contributed by atoms with Crippen LogP contribution in [-0.2, 0) is 0 Å². The quantitative estimate of drug-likeness (QED) is 0.588. The maximum absolute atomic E-state index is 2.34. The van der Waals surface area contributed by atoms with Gasteiger partial charge in [0.25, 0.3) is 0 Å². The van der Waals surface area contributed by atoms with E-state index in [2.05, 4.69) is 55.6 Å². The van der Waals surface area contributed by atoms with Gasteiger partial charge in [-0.2, -0.15) is 0 Å². The lowest BCUT2D eigenvalue weighted by atomic mass is 10.1. The summed E-state index contributed by atoms with van der Waals surface area (Å²) < 4.78 is 0. The number of benzene rings is 1. The summed E-state index contributed by atoms with van der Waals surface area (Å²) in [5.41, 5.74) is 7.55. The summed E-state index contributed by atoms with van der Waals surface area (Å²) >= 11 is 0. The van der Waals surface area contributed by atoms with Crippen molar-refractivity contribution in [3.63, 3.8) is 0 Å². The van der Waals surface area contributed by atoms with Crippen LogP contribution in [0.5, 0.6) is 0 Å². The largest absolute Gasteiger partial charge is 0.139 e. The summed E-state index contributed by atoms with van der Waals surface area (Å²) in [7, 11) is -0.503. The Morgan fingerprint density at radius 3 is 2.38 bits per heavy atom.